The van der Waals surface area contributed by atoms with Crippen LogP contribution in [0.3, 0.4) is 0 Å². The third kappa shape index (κ3) is 7.05. The van der Waals surface area contributed by atoms with Gasteiger partial charge in [-0.05, 0) is 37.8 Å². The number of rotatable bonds is 8. The van der Waals surface area contributed by atoms with Crippen molar-refractivity contribution in [3.05, 3.63) is 33.9 Å². The van der Waals surface area contributed by atoms with Crippen molar-refractivity contribution in [1.82, 2.24) is 4.90 Å². The molecule has 2 aliphatic rings. The molecule has 0 bridgehead atoms. The fraction of sp³-hybridized carbons (Fsp3) is 0.583. The minimum absolute atomic E-state index is 0.0189. The maximum Gasteiger partial charge on any atom is 0.293 e. The van der Waals surface area contributed by atoms with E-state index >= 15 is 0 Å². The average molecular weight is 450 g/mol. The van der Waals surface area contributed by atoms with Crippen molar-refractivity contribution in [3.63, 3.8) is 0 Å². The Hall–Kier alpha value is -2.42. The number of allylic oxidation sites excluding steroid dienone is 2. The first-order valence-corrected chi connectivity index (χ1v) is 11.1. The van der Waals surface area contributed by atoms with Crippen LogP contribution in [0.5, 0.6) is 11.5 Å². The Morgan fingerprint density at radius 2 is 1.88 bits per heavy atom. The minimum atomic E-state index is -0.229. The van der Waals surface area contributed by atoms with Crippen LogP contribution in [0, 0.1) is 6.92 Å². The van der Waals surface area contributed by atoms with Crippen molar-refractivity contribution < 1.29 is 34.0 Å². The summed E-state index contributed by atoms with van der Waals surface area (Å²) >= 11 is 0. The standard InChI is InChI=1S/C17H22O4.C7H13NO3/c1-4-5-10(2)6-7-12-16(19)11(3)13-8-21-9-14(18)15(13)17(12)20;9-7-11-6-3-8-1-4-10-5-2-8/h6,19-20H,4-5,7-9H2,1-3H3;7H,1-6H2/b10-6+;. The van der Waals surface area contributed by atoms with Crippen LogP contribution < -0.4 is 0 Å². The summed E-state index contributed by atoms with van der Waals surface area (Å²) in [6.07, 6.45) is 4.46. The first kappa shape index (κ1) is 25.8. The molecule has 8 nitrogen and oxygen atoms in total. The second-order valence-electron chi connectivity index (χ2n) is 8.00. The molecule has 0 aromatic heterocycles. The van der Waals surface area contributed by atoms with E-state index in [-0.39, 0.29) is 30.5 Å². The zero-order chi connectivity index (χ0) is 23.5. The van der Waals surface area contributed by atoms with Crippen molar-refractivity contribution in [1.29, 1.82) is 0 Å². The van der Waals surface area contributed by atoms with Crippen LogP contribution in [0.1, 0.15) is 53.7 Å². The number of nitrogens with zero attached hydrogens (tertiary/aromatic N) is 1. The highest BCUT2D eigenvalue weighted by molar-refractivity contribution is 6.02. The van der Waals surface area contributed by atoms with E-state index in [1.54, 1.807) is 6.92 Å². The molecular weight excluding hydrogens is 414 g/mol. The van der Waals surface area contributed by atoms with Gasteiger partial charge in [0.05, 0.1) is 25.4 Å². The van der Waals surface area contributed by atoms with E-state index in [2.05, 4.69) is 16.6 Å². The SMILES string of the molecule is CCC/C(C)=C/Cc1c(O)c(C)c2c(c1O)C(=O)COC2.O=COCCN1CCOCC1. The number of benzene rings is 1. The lowest BCUT2D eigenvalue weighted by atomic mass is 9.90. The number of phenols is 2. The van der Waals surface area contributed by atoms with E-state index in [0.29, 0.717) is 41.8 Å². The van der Waals surface area contributed by atoms with Crippen molar-refractivity contribution in [2.24, 2.45) is 0 Å². The second kappa shape index (κ2) is 13.2. The summed E-state index contributed by atoms with van der Waals surface area (Å²) in [6.45, 7) is 11.4. The molecule has 0 aliphatic carbocycles. The number of fused-ring (bicyclic) bond motifs is 1. The first-order chi connectivity index (χ1) is 15.4. The van der Waals surface area contributed by atoms with Gasteiger partial charge in [0.2, 0.25) is 0 Å². The molecule has 3 rings (SSSR count). The lowest BCUT2D eigenvalue weighted by Crippen LogP contribution is -2.38. The normalized spacial score (nSPS) is 16.7. The minimum Gasteiger partial charge on any atom is -0.507 e. The quantitative estimate of drug-likeness (QED) is 0.355. The molecule has 0 saturated carbocycles. The number of ketones is 1. The second-order valence-corrected chi connectivity index (χ2v) is 8.00. The van der Waals surface area contributed by atoms with Gasteiger partial charge in [0.25, 0.3) is 6.47 Å². The third-order valence-corrected chi connectivity index (χ3v) is 5.67. The van der Waals surface area contributed by atoms with E-state index < -0.39 is 0 Å². The van der Waals surface area contributed by atoms with Crippen molar-refractivity contribution in [3.8, 4) is 11.5 Å². The molecule has 1 aromatic rings. The summed E-state index contributed by atoms with van der Waals surface area (Å²) in [5, 5.41) is 20.7. The van der Waals surface area contributed by atoms with Crippen LogP contribution in [0.25, 0.3) is 0 Å². The lowest BCUT2D eigenvalue weighted by Gasteiger charge is -2.25. The number of ether oxygens (including phenoxy) is 3. The summed E-state index contributed by atoms with van der Waals surface area (Å²) in [7, 11) is 0. The van der Waals surface area contributed by atoms with E-state index in [0.717, 1.165) is 45.7 Å². The number of carbonyl (C=O) groups is 2. The maximum atomic E-state index is 12.0. The highest BCUT2D eigenvalue weighted by Crippen LogP contribution is 2.40. The fourth-order valence-electron chi connectivity index (χ4n) is 3.78. The predicted octanol–water partition coefficient (Wildman–Crippen LogP) is 2.90. The van der Waals surface area contributed by atoms with E-state index in [1.807, 2.05) is 13.0 Å². The zero-order valence-corrected chi connectivity index (χ0v) is 19.3. The Balaban J connectivity index is 0.000000278. The third-order valence-electron chi connectivity index (χ3n) is 5.67. The molecule has 0 radical (unpaired) electrons. The van der Waals surface area contributed by atoms with Crippen LogP contribution in [0.4, 0.5) is 0 Å². The van der Waals surface area contributed by atoms with Gasteiger partial charge >= 0.3 is 0 Å². The Kier molecular flexibility index (Phi) is 10.7. The number of morpholine rings is 1. The largest absolute Gasteiger partial charge is 0.507 e. The van der Waals surface area contributed by atoms with Crippen LogP contribution in [0.15, 0.2) is 11.6 Å². The van der Waals surface area contributed by atoms with Gasteiger partial charge in [-0.2, -0.15) is 0 Å². The fourth-order valence-corrected chi connectivity index (χ4v) is 3.78. The van der Waals surface area contributed by atoms with Gasteiger partial charge in [-0.15, -0.1) is 0 Å². The molecule has 178 valence electrons. The molecular formula is C24H35NO7. The summed E-state index contributed by atoms with van der Waals surface area (Å²) in [6, 6.07) is 0. The molecule has 0 atom stereocenters. The van der Waals surface area contributed by atoms with Crippen LogP contribution in [0.2, 0.25) is 0 Å². The van der Waals surface area contributed by atoms with Crippen molar-refractivity contribution in [2.45, 2.75) is 46.6 Å². The zero-order valence-electron chi connectivity index (χ0n) is 19.3. The number of aromatic hydroxyl groups is 2. The molecule has 1 fully saturated rings. The van der Waals surface area contributed by atoms with Gasteiger partial charge in [-0.3, -0.25) is 14.5 Å². The van der Waals surface area contributed by atoms with E-state index in [9.17, 15) is 19.8 Å². The molecule has 0 spiro atoms. The highest BCUT2D eigenvalue weighted by Gasteiger charge is 2.28. The molecule has 0 amide bonds. The summed E-state index contributed by atoms with van der Waals surface area (Å²) in [4.78, 5) is 24.0. The number of Topliss-reactive ketones (excluding diaryl/α,β-unsaturated/α-hetero) is 1. The summed E-state index contributed by atoms with van der Waals surface area (Å²) in [5.41, 5.74) is 3.16. The predicted molar refractivity (Wildman–Crippen MR) is 120 cm³/mol. The number of phenolic OH excluding ortho intramolecular Hbond substituents is 2. The number of hydrogen-bond donors (Lipinski definition) is 2. The molecule has 2 heterocycles. The van der Waals surface area contributed by atoms with Gasteiger partial charge in [-0.1, -0.05) is 25.0 Å². The van der Waals surface area contributed by atoms with Gasteiger partial charge in [0, 0.05) is 25.2 Å². The molecule has 2 aliphatic heterocycles. The molecule has 32 heavy (non-hydrogen) atoms. The molecule has 1 aromatic carbocycles. The Morgan fingerprint density at radius 3 is 2.53 bits per heavy atom. The Labute approximate surface area is 189 Å². The molecule has 8 heteroatoms. The van der Waals surface area contributed by atoms with Crippen LogP contribution in [-0.2, 0) is 32.0 Å². The summed E-state index contributed by atoms with van der Waals surface area (Å²) < 4.78 is 14.9. The van der Waals surface area contributed by atoms with Crippen molar-refractivity contribution >= 4 is 12.3 Å². The first-order valence-electron chi connectivity index (χ1n) is 11.1. The molecule has 1 saturated heterocycles. The van der Waals surface area contributed by atoms with Gasteiger partial charge in [0.1, 0.15) is 24.7 Å². The molecule has 2 N–H and O–H groups in total. The monoisotopic (exact) mass is 449 g/mol. The Bertz CT molecular complexity index is 813. The number of carbonyl (C=O) groups excluding carboxylic acids is 2. The Morgan fingerprint density at radius 1 is 1.16 bits per heavy atom. The highest BCUT2D eigenvalue weighted by atomic mass is 16.5. The average Bonchev–Trinajstić information content (AvgIpc) is 2.79. The van der Waals surface area contributed by atoms with Gasteiger partial charge in [-0.25, -0.2) is 0 Å². The van der Waals surface area contributed by atoms with Gasteiger partial charge < -0.3 is 24.4 Å². The smallest absolute Gasteiger partial charge is 0.293 e. The van der Waals surface area contributed by atoms with Crippen LogP contribution in [-0.4, -0.2) is 73.4 Å². The van der Waals surface area contributed by atoms with E-state index in [1.165, 1.54) is 5.57 Å². The lowest BCUT2D eigenvalue weighted by molar-refractivity contribution is -0.129. The number of hydrogen-bond acceptors (Lipinski definition) is 8. The molecule has 0 unspecified atom stereocenters. The van der Waals surface area contributed by atoms with Crippen LogP contribution >= 0.6 is 0 Å². The van der Waals surface area contributed by atoms with E-state index in [4.69, 9.17) is 9.47 Å². The summed E-state index contributed by atoms with van der Waals surface area (Å²) in [5.74, 6) is -0.264. The topological polar surface area (TPSA) is 106 Å². The maximum absolute atomic E-state index is 12.0. The van der Waals surface area contributed by atoms with Gasteiger partial charge in [0.15, 0.2) is 5.78 Å². The van der Waals surface area contributed by atoms with Crippen molar-refractivity contribution in [2.75, 3.05) is 46.1 Å².